The number of piperidine rings is 1. The Balaban J connectivity index is 1.59. The van der Waals surface area contributed by atoms with Crippen LogP contribution in [0.5, 0.6) is 0 Å². The molecule has 23 heavy (non-hydrogen) atoms. The fourth-order valence-electron chi connectivity index (χ4n) is 3.24. The summed E-state index contributed by atoms with van der Waals surface area (Å²) < 4.78 is 1.60. The Labute approximate surface area is 134 Å². The number of nitrogens with zero attached hydrogens (tertiary/aromatic N) is 3. The molecular formula is C18H20N4O. The molecule has 3 aromatic rings. The van der Waals surface area contributed by atoms with E-state index in [-0.39, 0.29) is 5.69 Å². The van der Waals surface area contributed by atoms with Crippen LogP contribution in [0.15, 0.2) is 47.5 Å². The van der Waals surface area contributed by atoms with Crippen LogP contribution in [0.1, 0.15) is 24.8 Å². The second-order valence-electron chi connectivity index (χ2n) is 6.18. The first-order chi connectivity index (χ1) is 11.3. The number of rotatable bonds is 3. The van der Waals surface area contributed by atoms with Gasteiger partial charge in [0.25, 0.3) is 0 Å². The van der Waals surface area contributed by atoms with Crippen LogP contribution in [0, 0.1) is 0 Å². The van der Waals surface area contributed by atoms with E-state index in [0.717, 1.165) is 17.6 Å². The van der Waals surface area contributed by atoms with E-state index in [0.29, 0.717) is 5.65 Å². The highest BCUT2D eigenvalue weighted by atomic mass is 16.1. The van der Waals surface area contributed by atoms with Gasteiger partial charge in [-0.15, -0.1) is 0 Å². The maximum Gasteiger partial charge on any atom is 0.354 e. The molecule has 2 aromatic heterocycles. The number of H-pyrrole nitrogens is 1. The fourth-order valence-corrected chi connectivity index (χ4v) is 3.24. The van der Waals surface area contributed by atoms with Crippen LogP contribution >= 0.6 is 0 Å². The van der Waals surface area contributed by atoms with Crippen LogP contribution in [-0.4, -0.2) is 32.5 Å². The molecule has 3 heterocycles. The molecule has 0 atom stereocenters. The number of aromatic nitrogens is 3. The number of fused-ring (bicyclic) bond motifs is 1. The second kappa shape index (κ2) is 6.01. The van der Waals surface area contributed by atoms with Gasteiger partial charge in [-0.05, 0) is 49.7 Å². The van der Waals surface area contributed by atoms with Gasteiger partial charge in [0, 0.05) is 24.3 Å². The Kier molecular flexibility index (Phi) is 3.71. The second-order valence-corrected chi connectivity index (χ2v) is 6.18. The predicted octanol–water partition coefficient (Wildman–Crippen LogP) is 2.70. The first-order valence-corrected chi connectivity index (χ1v) is 8.18. The van der Waals surface area contributed by atoms with Crippen LogP contribution in [0.2, 0.25) is 0 Å². The van der Waals surface area contributed by atoms with Gasteiger partial charge in [0.2, 0.25) is 0 Å². The molecule has 1 aliphatic heterocycles. The van der Waals surface area contributed by atoms with Gasteiger partial charge in [-0.2, -0.15) is 4.98 Å². The lowest BCUT2D eigenvalue weighted by atomic mass is 10.1. The summed E-state index contributed by atoms with van der Waals surface area (Å²) in [4.78, 5) is 21.7. The normalized spacial score (nSPS) is 16.0. The average Bonchev–Trinajstić information content (AvgIpc) is 3.03. The summed E-state index contributed by atoms with van der Waals surface area (Å²) in [6, 6.07) is 10.1. The first kappa shape index (κ1) is 14.2. The van der Waals surface area contributed by atoms with E-state index in [1.54, 1.807) is 10.8 Å². The van der Waals surface area contributed by atoms with Crippen molar-refractivity contribution in [2.45, 2.75) is 25.8 Å². The minimum absolute atomic E-state index is 0.260. The highest BCUT2D eigenvalue weighted by Crippen LogP contribution is 2.15. The van der Waals surface area contributed by atoms with Gasteiger partial charge in [-0.25, -0.2) is 4.79 Å². The van der Waals surface area contributed by atoms with Crippen molar-refractivity contribution in [1.29, 1.82) is 0 Å². The average molecular weight is 308 g/mol. The molecular weight excluding hydrogens is 288 g/mol. The van der Waals surface area contributed by atoms with Crippen molar-refractivity contribution in [3.8, 4) is 5.69 Å². The van der Waals surface area contributed by atoms with E-state index in [9.17, 15) is 4.79 Å². The molecule has 1 aliphatic rings. The zero-order valence-electron chi connectivity index (χ0n) is 13.0. The maximum absolute atomic E-state index is 12.2. The van der Waals surface area contributed by atoms with Crippen molar-refractivity contribution in [3.05, 3.63) is 58.8 Å². The number of aromatic amines is 1. The van der Waals surface area contributed by atoms with Crippen molar-refractivity contribution >= 4 is 11.0 Å². The van der Waals surface area contributed by atoms with Crippen LogP contribution in [-0.2, 0) is 6.54 Å². The zero-order chi connectivity index (χ0) is 15.6. The van der Waals surface area contributed by atoms with Crippen molar-refractivity contribution in [3.63, 3.8) is 0 Å². The van der Waals surface area contributed by atoms with E-state index in [1.165, 1.54) is 37.9 Å². The van der Waals surface area contributed by atoms with Crippen LogP contribution in [0.25, 0.3) is 16.7 Å². The molecule has 0 aliphatic carbocycles. The third kappa shape index (κ3) is 2.92. The minimum atomic E-state index is -0.260. The largest absolute Gasteiger partial charge is 0.354 e. The molecule has 0 bridgehead atoms. The molecule has 4 rings (SSSR count). The molecule has 5 heteroatoms. The van der Waals surface area contributed by atoms with Gasteiger partial charge in [-0.1, -0.05) is 18.6 Å². The topological polar surface area (TPSA) is 53.9 Å². The summed E-state index contributed by atoms with van der Waals surface area (Å²) >= 11 is 0. The summed E-state index contributed by atoms with van der Waals surface area (Å²) in [6.07, 6.45) is 7.59. The van der Waals surface area contributed by atoms with Gasteiger partial charge in [-0.3, -0.25) is 9.47 Å². The quantitative estimate of drug-likeness (QED) is 0.809. The molecule has 0 spiro atoms. The molecule has 118 valence electrons. The van der Waals surface area contributed by atoms with Crippen LogP contribution < -0.4 is 5.69 Å². The van der Waals surface area contributed by atoms with Gasteiger partial charge < -0.3 is 4.98 Å². The van der Waals surface area contributed by atoms with Crippen LogP contribution in [0.3, 0.4) is 0 Å². The molecule has 0 amide bonds. The van der Waals surface area contributed by atoms with Gasteiger partial charge in [0.1, 0.15) is 5.65 Å². The Morgan fingerprint density at radius 1 is 1.04 bits per heavy atom. The van der Waals surface area contributed by atoms with Crippen LogP contribution in [0.4, 0.5) is 0 Å². The summed E-state index contributed by atoms with van der Waals surface area (Å²) in [5.74, 6) is 0. The van der Waals surface area contributed by atoms with Crippen molar-refractivity contribution in [1.82, 2.24) is 19.4 Å². The molecule has 1 saturated heterocycles. The number of hydrogen-bond donors (Lipinski definition) is 1. The first-order valence-electron chi connectivity index (χ1n) is 8.18. The van der Waals surface area contributed by atoms with E-state index >= 15 is 0 Å². The van der Waals surface area contributed by atoms with Crippen molar-refractivity contribution < 1.29 is 0 Å². The van der Waals surface area contributed by atoms with Gasteiger partial charge in [0.05, 0.1) is 5.69 Å². The van der Waals surface area contributed by atoms with Gasteiger partial charge >= 0.3 is 5.69 Å². The maximum atomic E-state index is 12.2. The number of benzene rings is 1. The Bertz CT molecular complexity index is 857. The molecule has 0 unspecified atom stereocenters. The summed E-state index contributed by atoms with van der Waals surface area (Å²) in [7, 11) is 0. The van der Waals surface area contributed by atoms with Crippen molar-refractivity contribution in [2.24, 2.45) is 0 Å². The molecule has 5 nitrogen and oxygen atoms in total. The number of hydrogen-bond acceptors (Lipinski definition) is 3. The Morgan fingerprint density at radius 2 is 1.83 bits per heavy atom. The number of nitrogens with one attached hydrogen (secondary N) is 1. The SMILES string of the molecule is O=c1nc2[nH]ccc2cn1-c1ccc(CN2CCCCC2)cc1. The number of likely N-dealkylation sites (tertiary alicyclic amines) is 1. The lowest BCUT2D eigenvalue weighted by Crippen LogP contribution is -2.29. The third-order valence-corrected chi connectivity index (χ3v) is 4.51. The lowest BCUT2D eigenvalue weighted by molar-refractivity contribution is 0.221. The monoisotopic (exact) mass is 308 g/mol. The Hall–Kier alpha value is -2.40. The zero-order valence-corrected chi connectivity index (χ0v) is 13.0. The van der Waals surface area contributed by atoms with E-state index in [1.807, 2.05) is 24.4 Å². The van der Waals surface area contributed by atoms with E-state index in [4.69, 9.17) is 0 Å². The minimum Gasteiger partial charge on any atom is -0.346 e. The molecule has 1 fully saturated rings. The van der Waals surface area contributed by atoms with E-state index in [2.05, 4.69) is 27.0 Å². The summed E-state index contributed by atoms with van der Waals surface area (Å²) in [5.41, 5.74) is 2.52. The summed E-state index contributed by atoms with van der Waals surface area (Å²) in [6.45, 7) is 3.37. The highest BCUT2D eigenvalue weighted by molar-refractivity contribution is 5.74. The van der Waals surface area contributed by atoms with E-state index < -0.39 is 0 Å². The Morgan fingerprint density at radius 3 is 2.61 bits per heavy atom. The van der Waals surface area contributed by atoms with Gasteiger partial charge in [0.15, 0.2) is 0 Å². The third-order valence-electron chi connectivity index (χ3n) is 4.51. The molecule has 1 N–H and O–H groups in total. The van der Waals surface area contributed by atoms with Crippen molar-refractivity contribution in [2.75, 3.05) is 13.1 Å². The lowest BCUT2D eigenvalue weighted by Gasteiger charge is -2.26. The molecule has 1 aromatic carbocycles. The summed E-state index contributed by atoms with van der Waals surface area (Å²) in [5, 5.41) is 0.932. The fraction of sp³-hybridized carbons (Fsp3) is 0.333. The standard InChI is InChI=1S/C18H20N4O/c23-18-20-17-15(8-9-19-17)13-22(18)16-6-4-14(5-7-16)12-21-10-2-1-3-11-21/h4-9,13H,1-3,10-12H2,(H,19,20,23). The smallest absolute Gasteiger partial charge is 0.346 e. The molecule has 0 radical (unpaired) electrons. The molecule has 0 saturated carbocycles. The predicted molar refractivity (Wildman–Crippen MR) is 90.8 cm³/mol. The highest BCUT2D eigenvalue weighted by Gasteiger charge is 2.10.